The lowest BCUT2D eigenvalue weighted by atomic mass is 9.99. The Morgan fingerprint density at radius 2 is 1.79 bits per heavy atom. The number of rotatable bonds is 4. The molecule has 7 heteroatoms. The number of benzene rings is 3. The third-order valence-electron chi connectivity index (χ3n) is 5.21. The molecule has 1 aliphatic rings. The molecular weight excluding hydrogens is 431 g/mol. The highest BCUT2D eigenvalue weighted by atomic mass is 19.4. The van der Waals surface area contributed by atoms with Gasteiger partial charge < -0.3 is 9.47 Å². The van der Waals surface area contributed by atoms with Crippen molar-refractivity contribution in [1.82, 2.24) is 0 Å². The Morgan fingerprint density at radius 1 is 0.970 bits per heavy atom. The van der Waals surface area contributed by atoms with E-state index in [1.807, 2.05) is 42.5 Å². The highest BCUT2D eigenvalue weighted by Gasteiger charge is 2.30. The monoisotopic (exact) mass is 453 g/mol. The summed E-state index contributed by atoms with van der Waals surface area (Å²) in [6.07, 6.45) is -2.74. The molecule has 1 heterocycles. The average Bonchev–Trinajstić information content (AvgIpc) is 2.99. The van der Waals surface area contributed by atoms with Crippen molar-refractivity contribution in [3.8, 4) is 0 Å². The molecule has 1 N–H and O–H groups in total. The third kappa shape index (κ3) is 6.23. The van der Waals surface area contributed by atoms with E-state index in [9.17, 15) is 18.0 Å². The number of carbonyl (C=O) groups excluding carboxylic acids is 1. The quantitative estimate of drug-likeness (QED) is 0.484. The first-order valence-corrected chi connectivity index (χ1v) is 10.4. The molecule has 0 bridgehead atoms. The Balaban J connectivity index is 1.46. The highest BCUT2D eigenvalue weighted by molar-refractivity contribution is 5.84. The second kappa shape index (κ2) is 9.92. The van der Waals surface area contributed by atoms with Crippen LogP contribution in [0.5, 0.6) is 0 Å². The van der Waals surface area contributed by atoms with Gasteiger partial charge in [0.05, 0.1) is 18.8 Å². The van der Waals surface area contributed by atoms with Gasteiger partial charge in [-0.1, -0.05) is 54.6 Å². The topological polar surface area (TPSA) is 47.6 Å². The summed E-state index contributed by atoms with van der Waals surface area (Å²) in [5.74, 6) is 0. The first-order valence-electron chi connectivity index (χ1n) is 10.4. The molecule has 0 saturated carbocycles. The fourth-order valence-electron chi connectivity index (χ4n) is 3.61. The predicted molar refractivity (Wildman–Crippen MR) is 119 cm³/mol. The highest BCUT2D eigenvalue weighted by Crippen LogP contribution is 2.30. The van der Waals surface area contributed by atoms with Gasteiger partial charge in [0.2, 0.25) is 0 Å². The SMILES string of the molecule is O=C(Nc1ccc2c(c1)C/C(=C\c1cccc(C(F)(F)F)c1)COC2)OCc1ccccc1. The maximum absolute atomic E-state index is 13.0. The molecule has 1 aliphatic heterocycles. The zero-order chi connectivity index (χ0) is 23.3. The Hall–Kier alpha value is -3.58. The molecule has 0 fully saturated rings. The van der Waals surface area contributed by atoms with Crippen LogP contribution >= 0.6 is 0 Å². The lowest BCUT2D eigenvalue weighted by Crippen LogP contribution is -2.13. The van der Waals surface area contributed by atoms with E-state index in [4.69, 9.17) is 9.47 Å². The van der Waals surface area contributed by atoms with Gasteiger partial charge in [0.15, 0.2) is 0 Å². The van der Waals surface area contributed by atoms with Gasteiger partial charge >= 0.3 is 12.3 Å². The maximum Gasteiger partial charge on any atom is 0.416 e. The van der Waals surface area contributed by atoms with Crippen molar-refractivity contribution in [2.45, 2.75) is 25.8 Å². The second-order valence-corrected chi connectivity index (χ2v) is 7.77. The van der Waals surface area contributed by atoms with Gasteiger partial charge in [-0.3, -0.25) is 5.32 Å². The Morgan fingerprint density at radius 3 is 2.58 bits per heavy atom. The molecule has 0 atom stereocenters. The molecule has 0 unspecified atom stereocenters. The zero-order valence-corrected chi connectivity index (χ0v) is 17.7. The van der Waals surface area contributed by atoms with Gasteiger partial charge in [-0.15, -0.1) is 0 Å². The number of hydrogen-bond acceptors (Lipinski definition) is 3. The molecular formula is C26H22F3NO3. The second-order valence-electron chi connectivity index (χ2n) is 7.77. The van der Waals surface area contributed by atoms with E-state index in [-0.39, 0.29) is 6.61 Å². The maximum atomic E-state index is 13.0. The predicted octanol–water partition coefficient (Wildman–Crippen LogP) is 6.61. The molecule has 3 aromatic rings. The van der Waals surface area contributed by atoms with Crippen molar-refractivity contribution in [3.05, 3.63) is 106 Å². The van der Waals surface area contributed by atoms with Crippen LogP contribution in [-0.4, -0.2) is 12.7 Å². The van der Waals surface area contributed by atoms with E-state index < -0.39 is 17.8 Å². The minimum Gasteiger partial charge on any atom is -0.444 e. The van der Waals surface area contributed by atoms with Crippen molar-refractivity contribution in [2.75, 3.05) is 11.9 Å². The summed E-state index contributed by atoms with van der Waals surface area (Å²) in [5.41, 5.74) is 3.98. The van der Waals surface area contributed by atoms with E-state index in [0.717, 1.165) is 34.4 Å². The molecule has 4 nitrogen and oxygen atoms in total. The smallest absolute Gasteiger partial charge is 0.416 e. The van der Waals surface area contributed by atoms with E-state index >= 15 is 0 Å². The zero-order valence-electron chi connectivity index (χ0n) is 17.7. The van der Waals surface area contributed by atoms with Crippen LogP contribution in [0.25, 0.3) is 6.08 Å². The molecule has 33 heavy (non-hydrogen) atoms. The summed E-state index contributed by atoms with van der Waals surface area (Å²) < 4.78 is 50.0. The van der Waals surface area contributed by atoms with Gasteiger partial charge in [-0.2, -0.15) is 13.2 Å². The first-order chi connectivity index (χ1) is 15.9. The summed E-state index contributed by atoms with van der Waals surface area (Å²) >= 11 is 0. The van der Waals surface area contributed by atoms with Gasteiger partial charge in [0, 0.05) is 5.69 Å². The summed E-state index contributed by atoms with van der Waals surface area (Å²) in [6, 6.07) is 20.1. The number of anilines is 1. The molecule has 0 radical (unpaired) electrons. The Kier molecular flexibility index (Phi) is 6.79. The van der Waals surface area contributed by atoms with Crippen LogP contribution < -0.4 is 5.32 Å². The van der Waals surface area contributed by atoms with E-state index in [1.165, 1.54) is 6.07 Å². The van der Waals surface area contributed by atoms with Crippen LogP contribution in [0.3, 0.4) is 0 Å². The van der Waals surface area contributed by atoms with Crippen LogP contribution in [0.2, 0.25) is 0 Å². The van der Waals surface area contributed by atoms with Gasteiger partial charge in [0.25, 0.3) is 0 Å². The van der Waals surface area contributed by atoms with Gasteiger partial charge in [-0.25, -0.2) is 4.79 Å². The molecule has 4 rings (SSSR count). The van der Waals surface area contributed by atoms with Crippen molar-refractivity contribution in [1.29, 1.82) is 0 Å². The first kappa shape index (κ1) is 22.6. The number of hydrogen-bond donors (Lipinski definition) is 1. The van der Waals surface area contributed by atoms with Crippen LogP contribution in [-0.2, 0) is 35.3 Å². The van der Waals surface area contributed by atoms with Crippen LogP contribution in [0, 0.1) is 0 Å². The lowest BCUT2D eigenvalue weighted by Gasteiger charge is -2.11. The minimum absolute atomic E-state index is 0.162. The van der Waals surface area contributed by atoms with Crippen molar-refractivity contribution < 1.29 is 27.4 Å². The number of alkyl halides is 3. The largest absolute Gasteiger partial charge is 0.444 e. The summed E-state index contributed by atoms with van der Waals surface area (Å²) in [6.45, 7) is 0.857. The molecule has 0 aliphatic carbocycles. The number of amides is 1. The molecule has 0 aromatic heterocycles. The van der Waals surface area contributed by atoms with Gasteiger partial charge in [-0.05, 0) is 58.5 Å². The van der Waals surface area contributed by atoms with Crippen molar-refractivity contribution in [2.24, 2.45) is 0 Å². The molecule has 1 amide bonds. The van der Waals surface area contributed by atoms with Gasteiger partial charge in [0.1, 0.15) is 6.61 Å². The number of halogens is 3. The lowest BCUT2D eigenvalue weighted by molar-refractivity contribution is -0.137. The van der Waals surface area contributed by atoms with E-state index in [2.05, 4.69) is 5.32 Å². The molecule has 3 aromatic carbocycles. The van der Waals surface area contributed by atoms with Crippen LogP contribution in [0.1, 0.15) is 27.8 Å². The number of carbonyl (C=O) groups is 1. The molecule has 170 valence electrons. The fraction of sp³-hybridized carbons (Fsp3) is 0.192. The van der Waals surface area contributed by atoms with Crippen LogP contribution in [0.15, 0.2) is 78.4 Å². The Labute approximate surface area is 189 Å². The van der Waals surface area contributed by atoms with E-state index in [0.29, 0.717) is 30.9 Å². The minimum atomic E-state index is -4.39. The molecule has 0 saturated heterocycles. The van der Waals surface area contributed by atoms with E-state index in [1.54, 1.807) is 18.2 Å². The van der Waals surface area contributed by atoms with Crippen molar-refractivity contribution >= 4 is 17.9 Å². The van der Waals surface area contributed by atoms with Crippen molar-refractivity contribution in [3.63, 3.8) is 0 Å². The number of ether oxygens (including phenoxy) is 2. The number of nitrogens with one attached hydrogen (secondary N) is 1. The summed E-state index contributed by atoms with van der Waals surface area (Å²) in [7, 11) is 0. The Bertz CT molecular complexity index is 1160. The number of fused-ring (bicyclic) bond motifs is 1. The van der Waals surface area contributed by atoms with Crippen LogP contribution in [0.4, 0.5) is 23.7 Å². The third-order valence-corrected chi connectivity index (χ3v) is 5.21. The summed E-state index contributed by atoms with van der Waals surface area (Å²) in [5, 5.41) is 2.72. The summed E-state index contributed by atoms with van der Waals surface area (Å²) in [4.78, 5) is 12.2. The standard InChI is InChI=1S/C26H22F3NO3/c27-26(28,29)23-8-4-7-19(13-23)11-20-12-22-14-24(10-9-21(22)17-32-15-20)30-25(31)33-16-18-5-2-1-3-6-18/h1-11,13-14H,12,15-17H2,(H,30,31)/b20-11+. The fourth-order valence-corrected chi connectivity index (χ4v) is 3.61. The molecule has 0 spiro atoms. The normalized spacial score (nSPS) is 14.9. The average molecular weight is 453 g/mol.